The van der Waals surface area contributed by atoms with Crippen molar-refractivity contribution in [1.29, 1.82) is 0 Å². The van der Waals surface area contributed by atoms with Gasteiger partial charge >= 0.3 is 75.3 Å². The van der Waals surface area contributed by atoms with Crippen molar-refractivity contribution < 1.29 is 99.8 Å². The van der Waals surface area contributed by atoms with E-state index in [-0.39, 0.29) is 107 Å². The fourth-order valence-electron chi connectivity index (χ4n) is 6.30. The van der Waals surface area contributed by atoms with Crippen LogP contribution in [0.1, 0.15) is 65.2 Å². The van der Waals surface area contributed by atoms with Gasteiger partial charge in [0.05, 0.1) is 24.8 Å². The molecule has 39 heavy (non-hydrogen) atoms. The second-order valence-corrected chi connectivity index (χ2v) is 10.8. The summed E-state index contributed by atoms with van der Waals surface area (Å²) in [6.45, 7) is 8.44. The van der Waals surface area contributed by atoms with Gasteiger partial charge in [-0.15, -0.1) is 0 Å². The van der Waals surface area contributed by atoms with Crippen molar-refractivity contribution in [1.82, 2.24) is 0 Å². The Labute approximate surface area is 270 Å². The fourth-order valence-corrected chi connectivity index (χ4v) is 6.30. The van der Waals surface area contributed by atoms with Gasteiger partial charge in [0.1, 0.15) is 19.3 Å². The van der Waals surface area contributed by atoms with Crippen LogP contribution in [0.25, 0.3) is 0 Å². The molecule has 3 rings (SSSR count). The Kier molecular flexibility index (Phi) is 12.2. The monoisotopic (exact) mass is 570 g/mol. The van der Waals surface area contributed by atoms with Gasteiger partial charge in [-0.1, -0.05) is 38.2 Å². The minimum absolute atomic E-state index is 0. The normalized spacial score (nSPS) is 30.0. The average molecular weight is 571 g/mol. The number of fused-ring (bicyclic) bond motifs is 1. The molecule has 2 fully saturated rings. The maximum absolute atomic E-state index is 12.5. The van der Waals surface area contributed by atoms with E-state index in [1.807, 2.05) is 13.0 Å². The van der Waals surface area contributed by atoms with Crippen LogP contribution in [-0.2, 0) is 38.2 Å². The van der Waals surface area contributed by atoms with E-state index < -0.39 is 41.8 Å². The minimum atomic E-state index is -1.36. The van der Waals surface area contributed by atoms with E-state index in [0.29, 0.717) is 31.3 Å². The van der Waals surface area contributed by atoms with Crippen LogP contribution >= 0.6 is 0 Å². The van der Waals surface area contributed by atoms with E-state index in [1.165, 1.54) is 0 Å². The molecular formula is C28H35KO10. The van der Waals surface area contributed by atoms with E-state index in [0.717, 1.165) is 5.57 Å². The predicted molar refractivity (Wildman–Crippen MR) is 131 cm³/mol. The Hall–Kier alpha value is -1.79. The molecule has 10 nitrogen and oxygen atoms in total. The number of carboxylic acid groups (broad SMARTS) is 2. The van der Waals surface area contributed by atoms with Crippen LogP contribution in [0.2, 0.25) is 0 Å². The molecule has 0 amide bonds. The van der Waals surface area contributed by atoms with Crippen molar-refractivity contribution in [2.75, 3.05) is 13.2 Å². The quantitative estimate of drug-likeness (QED) is 0.145. The zero-order chi connectivity index (χ0) is 28.1. The zero-order valence-corrected chi connectivity index (χ0v) is 26.0. The number of hydrogen-bond donors (Lipinski definition) is 1. The third kappa shape index (κ3) is 8.13. The van der Waals surface area contributed by atoms with E-state index in [4.69, 9.17) is 19.3 Å². The molecule has 0 unspecified atom stereocenters. The predicted octanol–water partition coefficient (Wildman–Crippen LogP) is -0.731. The average Bonchev–Trinajstić information content (AvgIpc) is 3.26. The third-order valence-electron chi connectivity index (χ3n) is 8.29. The molecular weight excluding hydrogens is 535 g/mol. The SMILES string of the molecule is C=C1CC[C@@H]2[C@](C)(COC(=O)CCC(=O)[O-])[C@H](OC(=O)CCC(=O)O)CC[C@@]2(C)[C@@H]1C=CC1=CCOC1=O.[K+]. The molecule has 1 N–H and O–H groups in total. The van der Waals surface area contributed by atoms with Gasteiger partial charge < -0.3 is 29.2 Å². The molecule has 2 saturated carbocycles. The van der Waals surface area contributed by atoms with Gasteiger partial charge in [-0.3, -0.25) is 14.4 Å². The largest absolute Gasteiger partial charge is 1.00 e. The Morgan fingerprint density at radius 3 is 2.46 bits per heavy atom. The molecule has 208 valence electrons. The molecule has 0 bridgehead atoms. The van der Waals surface area contributed by atoms with Gasteiger partial charge in [-0.25, -0.2) is 4.79 Å². The van der Waals surface area contributed by atoms with E-state index in [1.54, 1.807) is 12.2 Å². The number of hydrogen-bond acceptors (Lipinski definition) is 9. The Bertz CT molecular complexity index is 1060. The number of cyclic esters (lactones) is 1. The second-order valence-electron chi connectivity index (χ2n) is 10.8. The summed E-state index contributed by atoms with van der Waals surface area (Å²) in [6.07, 6.45) is 5.84. The zero-order valence-electron chi connectivity index (χ0n) is 22.9. The Morgan fingerprint density at radius 1 is 1.15 bits per heavy atom. The molecule has 0 radical (unpaired) electrons. The van der Waals surface area contributed by atoms with Crippen LogP contribution in [-0.4, -0.2) is 54.3 Å². The molecule has 0 aromatic carbocycles. The number of rotatable bonds is 11. The van der Waals surface area contributed by atoms with Crippen molar-refractivity contribution in [3.63, 3.8) is 0 Å². The van der Waals surface area contributed by atoms with Crippen LogP contribution in [0.4, 0.5) is 0 Å². The molecule has 0 saturated heterocycles. The van der Waals surface area contributed by atoms with Crippen LogP contribution in [0, 0.1) is 22.7 Å². The third-order valence-corrected chi connectivity index (χ3v) is 8.29. The minimum Gasteiger partial charge on any atom is -0.550 e. The number of carbonyl (C=O) groups excluding carboxylic acids is 4. The van der Waals surface area contributed by atoms with E-state index in [2.05, 4.69) is 13.5 Å². The first-order valence-corrected chi connectivity index (χ1v) is 12.9. The molecule has 3 aliphatic rings. The molecule has 11 heteroatoms. The van der Waals surface area contributed by atoms with Crippen LogP contribution in [0.15, 0.2) is 36.0 Å². The number of allylic oxidation sites excluding steroid dienone is 2. The Morgan fingerprint density at radius 2 is 1.85 bits per heavy atom. The molecule has 1 aliphatic heterocycles. The van der Waals surface area contributed by atoms with Gasteiger partial charge in [-0.05, 0) is 49.5 Å². The van der Waals surface area contributed by atoms with Crippen LogP contribution < -0.4 is 56.5 Å². The standard InChI is InChI=1S/C28H36O10.K/c1-17-4-7-20-27(2,19(17)6-5-18-13-15-36-26(18)35)14-12-21(38-25(34)11-9-23(31)32)28(20,3)16-37-24(33)10-8-22(29)30;/h5-6,13,19-21H,1,4,7-12,14-16H2,2-3H3,(H,29,30)(H,31,32);/q;+1/p-1/t19-,20+,21-,27+,28+;/m1./s1. The second kappa shape index (κ2) is 14.2. The van der Waals surface area contributed by atoms with Gasteiger partial charge in [0.15, 0.2) is 0 Å². The van der Waals surface area contributed by atoms with Crippen molar-refractivity contribution in [2.45, 2.75) is 71.3 Å². The summed E-state index contributed by atoms with van der Waals surface area (Å²) in [5.41, 5.74) is 0.290. The maximum atomic E-state index is 12.5. The summed E-state index contributed by atoms with van der Waals surface area (Å²) in [4.78, 5) is 58.5. The van der Waals surface area contributed by atoms with Gasteiger partial charge in [0.25, 0.3) is 0 Å². The van der Waals surface area contributed by atoms with Crippen LogP contribution in [0.3, 0.4) is 0 Å². The van der Waals surface area contributed by atoms with Crippen molar-refractivity contribution in [2.24, 2.45) is 22.7 Å². The summed E-state index contributed by atoms with van der Waals surface area (Å²) in [5.74, 6) is -4.38. The van der Waals surface area contributed by atoms with Gasteiger partial charge in [-0.2, -0.15) is 0 Å². The topological polar surface area (TPSA) is 156 Å². The number of carboxylic acids is 2. The maximum Gasteiger partial charge on any atom is 1.00 e. The number of aliphatic carboxylic acids is 2. The molecule has 0 spiro atoms. The van der Waals surface area contributed by atoms with Crippen LogP contribution in [0.5, 0.6) is 0 Å². The number of ether oxygens (including phenoxy) is 3. The molecule has 0 aromatic heterocycles. The Balaban J connectivity index is 0.00000533. The van der Waals surface area contributed by atoms with E-state index >= 15 is 0 Å². The summed E-state index contributed by atoms with van der Waals surface area (Å²) in [6, 6.07) is 0. The summed E-state index contributed by atoms with van der Waals surface area (Å²) >= 11 is 0. The number of esters is 3. The van der Waals surface area contributed by atoms with Gasteiger partial charge in [0, 0.05) is 17.3 Å². The van der Waals surface area contributed by atoms with Crippen molar-refractivity contribution in [3.8, 4) is 0 Å². The molecule has 5 atom stereocenters. The summed E-state index contributed by atoms with van der Waals surface area (Å²) < 4.78 is 16.3. The molecule has 2 aliphatic carbocycles. The summed E-state index contributed by atoms with van der Waals surface area (Å²) in [7, 11) is 0. The molecule has 1 heterocycles. The van der Waals surface area contributed by atoms with Gasteiger partial charge in [0.2, 0.25) is 0 Å². The number of carbonyl (C=O) groups is 5. The van der Waals surface area contributed by atoms with E-state index in [9.17, 15) is 29.1 Å². The first kappa shape index (κ1) is 33.4. The smallest absolute Gasteiger partial charge is 0.550 e. The van der Waals surface area contributed by atoms with Crippen molar-refractivity contribution in [3.05, 3.63) is 36.0 Å². The summed E-state index contributed by atoms with van der Waals surface area (Å²) in [5, 5.41) is 19.7. The first-order chi connectivity index (χ1) is 17.9. The molecule has 0 aromatic rings. The fraction of sp³-hybridized carbons (Fsp3) is 0.607. The van der Waals surface area contributed by atoms with Crippen molar-refractivity contribution >= 4 is 29.8 Å². The first-order valence-electron chi connectivity index (χ1n) is 12.9.